The van der Waals surface area contributed by atoms with E-state index in [1.807, 2.05) is 56.3 Å². The van der Waals surface area contributed by atoms with Crippen molar-refractivity contribution in [3.8, 4) is 0 Å². The maximum atomic E-state index is 13.2. The second kappa shape index (κ2) is 11.1. The summed E-state index contributed by atoms with van der Waals surface area (Å²) in [5, 5.41) is 16.3. The van der Waals surface area contributed by atoms with Crippen LogP contribution in [0.3, 0.4) is 0 Å². The van der Waals surface area contributed by atoms with Gasteiger partial charge in [0.25, 0.3) is 5.91 Å². The number of carbonyl (C=O) groups is 3. The van der Waals surface area contributed by atoms with Gasteiger partial charge in [0.2, 0.25) is 5.91 Å². The van der Waals surface area contributed by atoms with Crippen molar-refractivity contribution in [2.45, 2.75) is 30.4 Å². The van der Waals surface area contributed by atoms with E-state index in [0.717, 1.165) is 16.1 Å². The van der Waals surface area contributed by atoms with Crippen LogP contribution in [0.5, 0.6) is 0 Å². The summed E-state index contributed by atoms with van der Waals surface area (Å²) in [7, 11) is 0. The molecule has 4 aromatic carbocycles. The number of fused-ring (bicyclic) bond motifs is 1. The number of carboxylic acids is 1. The molecule has 0 heterocycles. The second-order valence-corrected chi connectivity index (χ2v) is 9.59. The van der Waals surface area contributed by atoms with Crippen molar-refractivity contribution in [1.82, 2.24) is 0 Å². The third kappa shape index (κ3) is 5.58. The van der Waals surface area contributed by atoms with Crippen LogP contribution in [0.15, 0.2) is 89.8 Å². The average Bonchev–Trinajstić information content (AvgIpc) is 2.88. The number of aromatic carboxylic acids is 1. The number of carbonyl (C=O) groups excluding carboxylic acids is 2. The lowest BCUT2D eigenvalue weighted by molar-refractivity contribution is -0.115. The van der Waals surface area contributed by atoms with Gasteiger partial charge in [-0.2, -0.15) is 0 Å². The first-order valence-corrected chi connectivity index (χ1v) is 12.4. The van der Waals surface area contributed by atoms with Crippen LogP contribution in [-0.2, 0) is 4.79 Å². The van der Waals surface area contributed by atoms with E-state index in [4.69, 9.17) is 0 Å². The Balaban J connectivity index is 1.52. The van der Waals surface area contributed by atoms with Gasteiger partial charge in [0.05, 0.1) is 10.8 Å². The van der Waals surface area contributed by atoms with Crippen LogP contribution >= 0.6 is 11.8 Å². The molecule has 6 nitrogen and oxygen atoms in total. The number of rotatable bonds is 8. The molecule has 1 unspecified atom stereocenters. The summed E-state index contributed by atoms with van der Waals surface area (Å²) in [4.78, 5) is 38.7. The summed E-state index contributed by atoms with van der Waals surface area (Å²) in [6, 6.07) is 25.0. The fourth-order valence-corrected chi connectivity index (χ4v) is 4.98. The minimum absolute atomic E-state index is 0.0769. The number of amides is 2. The summed E-state index contributed by atoms with van der Waals surface area (Å²) >= 11 is 1.43. The number of benzene rings is 4. The zero-order chi connectivity index (χ0) is 25.7. The molecule has 0 aliphatic rings. The van der Waals surface area contributed by atoms with Crippen molar-refractivity contribution in [1.29, 1.82) is 0 Å². The molecule has 4 aromatic rings. The number of aryl methyl sites for hydroxylation is 1. The molecular weight excluding hydrogens is 472 g/mol. The Morgan fingerprint density at radius 1 is 0.861 bits per heavy atom. The number of thioether (sulfide) groups is 1. The summed E-state index contributed by atoms with van der Waals surface area (Å²) in [5.41, 5.74) is 2.71. The van der Waals surface area contributed by atoms with Gasteiger partial charge in [0, 0.05) is 27.2 Å². The van der Waals surface area contributed by atoms with Gasteiger partial charge in [-0.25, -0.2) is 4.79 Å². The standard InChI is InChI=1S/C29H26N2O4S/c1-3-25(28(33)31-24-16-5-4-9-18(24)2)36-21-13-8-12-20(17-21)30-27(32)22-14-6-10-19-11-7-15-23(26(19)22)29(34)35/h4-17,25H,3H2,1-2H3,(H,30,32)(H,31,33)(H,34,35). The Labute approximate surface area is 213 Å². The maximum Gasteiger partial charge on any atom is 0.336 e. The predicted octanol–water partition coefficient (Wildman–Crippen LogP) is 6.61. The Hall–Kier alpha value is -4.10. The molecule has 1 atom stereocenters. The number of hydrogen-bond acceptors (Lipinski definition) is 4. The molecule has 0 spiro atoms. The summed E-state index contributed by atoms with van der Waals surface area (Å²) in [6.07, 6.45) is 0.632. The largest absolute Gasteiger partial charge is 0.478 e. The van der Waals surface area contributed by atoms with Crippen LogP contribution in [0.4, 0.5) is 11.4 Å². The first-order valence-electron chi connectivity index (χ1n) is 11.6. The zero-order valence-electron chi connectivity index (χ0n) is 19.9. The van der Waals surface area contributed by atoms with Gasteiger partial charge in [0.1, 0.15) is 0 Å². The highest BCUT2D eigenvalue weighted by Gasteiger charge is 2.20. The topological polar surface area (TPSA) is 95.5 Å². The smallest absolute Gasteiger partial charge is 0.336 e. The molecule has 7 heteroatoms. The van der Waals surface area contributed by atoms with Crippen molar-refractivity contribution in [2.75, 3.05) is 10.6 Å². The fourth-order valence-electron chi connectivity index (χ4n) is 3.97. The molecular formula is C29H26N2O4S. The van der Waals surface area contributed by atoms with Crippen molar-refractivity contribution in [3.05, 3.63) is 102 Å². The third-order valence-electron chi connectivity index (χ3n) is 5.82. The van der Waals surface area contributed by atoms with E-state index in [1.54, 1.807) is 36.4 Å². The Bertz CT molecular complexity index is 1450. The van der Waals surface area contributed by atoms with E-state index in [0.29, 0.717) is 22.9 Å². The van der Waals surface area contributed by atoms with E-state index in [2.05, 4.69) is 10.6 Å². The maximum absolute atomic E-state index is 13.2. The summed E-state index contributed by atoms with van der Waals surface area (Å²) in [5.74, 6) is -1.57. The molecule has 4 rings (SSSR count). The van der Waals surface area contributed by atoms with Gasteiger partial charge in [-0.05, 0) is 60.7 Å². The first-order chi connectivity index (χ1) is 17.4. The van der Waals surface area contributed by atoms with E-state index in [9.17, 15) is 19.5 Å². The second-order valence-electron chi connectivity index (χ2n) is 8.32. The highest BCUT2D eigenvalue weighted by molar-refractivity contribution is 8.00. The van der Waals surface area contributed by atoms with Gasteiger partial charge in [0.15, 0.2) is 0 Å². The first kappa shape index (κ1) is 25.0. The molecule has 0 aliphatic heterocycles. The molecule has 0 aromatic heterocycles. The lowest BCUT2D eigenvalue weighted by Crippen LogP contribution is -2.24. The lowest BCUT2D eigenvalue weighted by Gasteiger charge is -2.16. The van der Waals surface area contributed by atoms with Crippen LogP contribution in [0, 0.1) is 6.92 Å². The van der Waals surface area contributed by atoms with Crippen molar-refractivity contribution >= 4 is 51.7 Å². The lowest BCUT2D eigenvalue weighted by atomic mass is 9.98. The quantitative estimate of drug-likeness (QED) is 0.238. The van der Waals surface area contributed by atoms with Crippen molar-refractivity contribution in [2.24, 2.45) is 0 Å². The molecule has 2 amide bonds. The normalized spacial score (nSPS) is 11.6. The monoisotopic (exact) mass is 498 g/mol. The molecule has 0 saturated heterocycles. The molecule has 0 aliphatic carbocycles. The van der Waals surface area contributed by atoms with Crippen LogP contribution in [0.25, 0.3) is 10.8 Å². The average molecular weight is 499 g/mol. The molecule has 0 saturated carbocycles. The molecule has 182 valence electrons. The molecule has 0 fully saturated rings. The number of hydrogen-bond donors (Lipinski definition) is 3. The minimum Gasteiger partial charge on any atom is -0.478 e. The van der Waals surface area contributed by atoms with Gasteiger partial charge >= 0.3 is 5.97 Å². The van der Waals surface area contributed by atoms with Gasteiger partial charge in [-0.1, -0.05) is 55.5 Å². The van der Waals surface area contributed by atoms with Gasteiger partial charge in [-0.15, -0.1) is 11.8 Å². The van der Waals surface area contributed by atoms with E-state index < -0.39 is 11.9 Å². The number of para-hydroxylation sites is 1. The van der Waals surface area contributed by atoms with Gasteiger partial charge < -0.3 is 15.7 Å². The van der Waals surface area contributed by atoms with E-state index in [1.165, 1.54) is 17.8 Å². The number of carboxylic acid groups (broad SMARTS) is 1. The van der Waals surface area contributed by atoms with Crippen LogP contribution < -0.4 is 10.6 Å². The van der Waals surface area contributed by atoms with E-state index in [-0.39, 0.29) is 22.3 Å². The molecule has 0 bridgehead atoms. The SMILES string of the molecule is CCC(Sc1cccc(NC(=O)c2cccc3cccc(C(=O)O)c23)c1)C(=O)Nc1ccccc1C. The molecule has 36 heavy (non-hydrogen) atoms. The molecule has 0 radical (unpaired) electrons. The Morgan fingerprint density at radius 3 is 2.25 bits per heavy atom. The third-order valence-corrected chi connectivity index (χ3v) is 7.17. The Kier molecular flexibility index (Phi) is 7.71. The zero-order valence-corrected chi connectivity index (χ0v) is 20.8. The van der Waals surface area contributed by atoms with Gasteiger partial charge in [-0.3, -0.25) is 9.59 Å². The summed E-state index contributed by atoms with van der Waals surface area (Å²) in [6.45, 7) is 3.91. The highest BCUT2D eigenvalue weighted by atomic mass is 32.2. The minimum atomic E-state index is -1.09. The fraction of sp³-hybridized carbons (Fsp3) is 0.138. The summed E-state index contributed by atoms with van der Waals surface area (Å²) < 4.78 is 0. The van der Waals surface area contributed by atoms with Crippen LogP contribution in [0.1, 0.15) is 39.6 Å². The molecule has 3 N–H and O–H groups in total. The Morgan fingerprint density at radius 2 is 1.56 bits per heavy atom. The predicted molar refractivity (Wildman–Crippen MR) is 145 cm³/mol. The van der Waals surface area contributed by atoms with Crippen LogP contribution in [-0.4, -0.2) is 28.1 Å². The van der Waals surface area contributed by atoms with Crippen molar-refractivity contribution in [3.63, 3.8) is 0 Å². The number of anilines is 2. The number of nitrogens with one attached hydrogen (secondary N) is 2. The van der Waals surface area contributed by atoms with Crippen LogP contribution in [0.2, 0.25) is 0 Å². The van der Waals surface area contributed by atoms with Crippen molar-refractivity contribution < 1.29 is 19.5 Å². The highest BCUT2D eigenvalue weighted by Crippen LogP contribution is 2.30. The van der Waals surface area contributed by atoms with E-state index >= 15 is 0 Å².